The number of aromatic nitrogens is 2. The first kappa shape index (κ1) is 13.9. The first-order valence-electron chi connectivity index (χ1n) is 6.56. The van der Waals surface area contributed by atoms with Crippen molar-refractivity contribution in [3.63, 3.8) is 0 Å². The first-order chi connectivity index (χ1) is 9.09. The van der Waals surface area contributed by atoms with Crippen molar-refractivity contribution < 1.29 is 9.90 Å². The summed E-state index contributed by atoms with van der Waals surface area (Å²) in [6, 6.07) is -0.190. The Labute approximate surface area is 113 Å². The summed E-state index contributed by atoms with van der Waals surface area (Å²) in [6.45, 7) is 7.12. The van der Waals surface area contributed by atoms with E-state index in [1.54, 1.807) is 25.5 Å². The molecule has 1 aliphatic rings. The zero-order valence-corrected chi connectivity index (χ0v) is 11.4. The van der Waals surface area contributed by atoms with Crippen LogP contribution in [0.25, 0.3) is 0 Å². The molecule has 0 amide bonds. The summed E-state index contributed by atoms with van der Waals surface area (Å²) in [6.07, 6.45) is 5.16. The van der Waals surface area contributed by atoms with Gasteiger partial charge in [0.05, 0.1) is 11.7 Å². The van der Waals surface area contributed by atoms with Crippen molar-refractivity contribution in [3.8, 4) is 0 Å². The number of hydrogen-bond acceptors (Lipinski definition) is 5. The van der Waals surface area contributed by atoms with E-state index >= 15 is 0 Å². The van der Waals surface area contributed by atoms with Gasteiger partial charge in [0.1, 0.15) is 6.04 Å². The lowest BCUT2D eigenvalue weighted by atomic mass is 10.1. The Morgan fingerprint density at radius 1 is 1.21 bits per heavy atom. The second-order valence-corrected chi connectivity index (χ2v) is 4.89. The van der Waals surface area contributed by atoms with Gasteiger partial charge in [-0.2, -0.15) is 0 Å². The highest BCUT2D eigenvalue weighted by Crippen LogP contribution is 2.19. The minimum absolute atomic E-state index is 0.219. The molecule has 0 spiro atoms. The molecule has 1 fully saturated rings. The van der Waals surface area contributed by atoms with Crippen LogP contribution in [0.5, 0.6) is 0 Å². The topological polar surface area (TPSA) is 69.6 Å². The molecule has 1 aliphatic heterocycles. The molecule has 0 aliphatic carbocycles. The van der Waals surface area contributed by atoms with Gasteiger partial charge in [-0.05, 0) is 13.8 Å². The number of carboxylic acids is 1. The molecule has 6 nitrogen and oxygen atoms in total. The van der Waals surface area contributed by atoms with Crippen LogP contribution in [0.15, 0.2) is 18.6 Å². The smallest absolute Gasteiger partial charge is 0.320 e. The standard InChI is InChI=1S/C13H20N4O2/c1-10(12-9-14-3-4-15-12)16-5-7-17(8-6-16)11(2)13(18)19/h3-4,9-11H,5-8H2,1-2H3,(H,18,19). The van der Waals surface area contributed by atoms with Crippen LogP contribution in [0.4, 0.5) is 0 Å². The van der Waals surface area contributed by atoms with Gasteiger partial charge in [0.2, 0.25) is 0 Å². The third-order valence-electron chi connectivity index (χ3n) is 3.81. The minimum Gasteiger partial charge on any atom is -0.480 e. The largest absolute Gasteiger partial charge is 0.480 e. The number of hydrogen-bond donors (Lipinski definition) is 1. The van der Waals surface area contributed by atoms with Gasteiger partial charge in [0.15, 0.2) is 0 Å². The van der Waals surface area contributed by atoms with Gasteiger partial charge >= 0.3 is 5.97 Å². The molecule has 1 N–H and O–H groups in total. The molecule has 1 aromatic rings. The number of carbonyl (C=O) groups is 1. The third-order valence-corrected chi connectivity index (χ3v) is 3.81. The molecule has 0 radical (unpaired) electrons. The van der Waals surface area contributed by atoms with Gasteiger partial charge in [-0.25, -0.2) is 0 Å². The average Bonchev–Trinajstić information content (AvgIpc) is 2.46. The van der Waals surface area contributed by atoms with Crippen LogP contribution in [0.3, 0.4) is 0 Å². The molecular formula is C13H20N4O2. The predicted octanol–water partition coefficient (Wildman–Crippen LogP) is 0.628. The zero-order valence-electron chi connectivity index (χ0n) is 11.4. The fourth-order valence-corrected chi connectivity index (χ4v) is 2.38. The van der Waals surface area contributed by atoms with Crippen molar-refractivity contribution in [1.29, 1.82) is 0 Å². The number of aliphatic carboxylic acids is 1. The molecular weight excluding hydrogens is 244 g/mol. The van der Waals surface area contributed by atoms with Crippen molar-refractivity contribution in [3.05, 3.63) is 24.3 Å². The van der Waals surface area contributed by atoms with E-state index in [1.165, 1.54) is 0 Å². The SMILES string of the molecule is CC(C(=O)O)N1CCN(C(C)c2cnccn2)CC1. The second kappa shape index (κ2) is 6.08. The average molecular weight is 264 g/mol. The Hall–Kier alpha value is -1.53. The Balaban J connectivity index is 1.91. The maximum absolute atomic E-state index is 11.0. The number of rotatable bonds is 4. The summed E-state index contributed by atoms with van der Waals surface area (Å²) in [5, 5.41) is 9.01. The van der Waals surface area contributed by atoms with Crippen molar-refractivity contribution in [2.24, 2.45) is 0 Å². The Morgan fingerprint density at radius 3 is 2.37 bits per heavy atom. The quantitative estimate of drug-likeness (QED) is 0.860. The van der Waals surface area contributed by atoms with E-state index in [1.807, 2.05) is 4.90 Å². The summed E-state index contributed by atoms with van der Waals surface area (Å²) in [4.78, 5) is 23.7. The molecule has 0 saturated carbocycles. The first-order valence-corrected chi connectivity index (χ1v) is 6.56. The van der Waals surface area contributed by atoms with E-state index in [9.17, 15) is 4.79 Å². The number of carboxylic acid groups (broad SMARTS) is 1. The van der Waals surface area contributed by atoms with Crippen LogP contribution < -0.4 is 0 Å². The van der Waals surface area contributed by atoms with Crippen molar-refractivity contribution in [1.82, 2.24) is 19.8 Å². The van der Waals surface area contributed by atoms with Crippen LogP contribution in [0.1, 0.15) is 25.6 Å². The van der Waals surface area contributed by atoms with E-state index in [2.05, 4.69) is 21.8 Å². The molecule has 2 rings (SSSR count). The molecule has 104 valence electrons. The lowest BCUT2D eigenvalue weighted by Gasteiger charge is -2.39. The van der Waals surface area contributed by atoms with Gasteiger partial charge in [0.25, 0.3) is 0 Å². The van der Waals surface area contributed by atoms with Crippen LogP contribution in [0, 0.1) is 0 Å². The lowest BCUT2D eigenvalue weighted by molar-refractivity contribution is -0.143. The molecule has 6 heteroatoms. The zero-order chi connectivity index (χ0) is 13.8. The summed E-state index contributed by atoms with van der Waals surface area (Å²) < 4.78 is 0. The van der Waals surface area contributed by atoms with Gasteiger partial charge < -0.3 is 5.11 Å². The molecule has 1 aromatic heterocycles. The molecule has 0 aromatic carbocycles. The normalized spacial score (nSPS) is 20.9. The Morgan fingerprint density at radius 2 is 1.84 bits per heavy atom. The molecule has 2 heterocycles. The monoisotopic (exact) mass is 264 g/mol. The second-order valence-electron chi connectivity index (χ2n) is 4.89. The van der Waals surface area contributed by atoms with Gasteiger partial charge in [-0.3, -0.25) is 24.6 Å². The highest BCUT2D eigenvalue weighted by Gasteiger charge is 2.27. The van der Waals surface area contributed by atoms with Crippen molar-refractivity contribution in [2.45, 2.75) is 25.9 Å². The molecule has 1 saturated heterocycles. The molecule has 0 bridgehead atoms. The van der Waals surface area contributed by atoms with E-state index in [4.69, 9.17) is 5.11 Å². The fourth-order valence-electron chi connectivity index (χ4n) is 2.38. The maximum Gasteiger partial charge on any atom is 0.320 e. The number of nitrogens with zero attached hydrogens (tertiary/aromatic N) is 4. The summed E-state index contributed by atoms with van der Waals surface area (Å²) in [5.74, 6) is -0.754. The highest BCUT2D eigenvalue weighted by molar-refractivity contribution is 5.72. The van der Waals surface area contributed by atoms with Gasteiger partial charge in [0, 0.05) is 44.8 Å². The third kappa shape index (κ3) is 3.27. The lowest BCUT2D eigenvalue weighted by Crippen LogP contribution is -2.52. The van der Waals surface area contributed by atoms with Gasteiger partial charge in [-0.15, -0.1) is 0 Å². The van der Waals surface area contributed by atoms with Crippen LogP contribution in [0.2, 0.25) is 0 Å². The van der Waals surface area contributed by atoms with Crippen LogP contribution in [-0.4, -0.2) is 63.1 Å². The van der Waals surface area contributed by atoms with E-state index < -0.39 is 12.0 Å². The van der Waals surface area contributed by atoms with Crippen molar-refractivity contribution >= 4 is 5.97 Å². The van der Waals surface area contributed by atoms with Crippen molar-refractivity contribution in [2.75, 3.05) is 26.2 Å². The molecule has 2 unspecified atom stereocenters. The maximum atomic E-state index is 11.0. The predicted molar refractivity (Wildman–Crippen MR) is 70.7 cm³/mol. The van der Waals surface area contributed by atoms with Gasteiger partial charge in [-0.1, -0.05) is 0 Å². The molecule has 2 atom stereocenters. The fraction of sp³-hybridized carbons (Fsp3) is 0.615. The highest BCUT2D eigenvalue weighted by atomic mass is 16.4. The molecule has 19 heavy (non-hydrogen) atoms. The van der Waals surface area contributed by atoms with Crippen LogP contribution in [-0.2, 0) is 4.79 Å². The van der Waals surface area contributed by atoms with Crippen LogP contribution >= 0.6 is 0 Å². The Kier molecular flexibility index (Phi) is 4.44. The Bertz CT molecular complexity index is 418. The van der Waals surface area contributed by atoms with E-state index in [0.29, 0.717) is 0 Å². The summed E-state index contributed by atoms with van der Waals surface area (Å²) >= 11 is 0. The van der Waals surface area contributed by atoms with E-state index in [-0.39, 0.29) is 6.04 Å². The summed E-state index contributed by atoms with van der Waals surface area (Å²) in [5.41, 5.74) is 0.960. The minimum atomic E-state index is -0.754. The number of piperazine rings is 1. The van der Waals surface area contributed by atoms with E-state index in [0.717, 1.165) is 31.9 Å². The summed E-state index contributed by atoms with van der Waals surface area (Å²) in [7, 11) is 0.